The van der Waals surface area contributed by atoms with Gasteiger partial charge in [-0.25, -0.2) is 4.98 Å². The second-order valence-corrected chi connectivity index (χ2v) is 6.17. The molecule has 0 spiro atoms. The minimum Gasteiger partial charge on any atom is -0.380 e. The Bertz CT molecular complexity index is 345. The monoisotopic (exact) mass is 316 g/mol. The molecule has 2 heterocycles. The molecule has 0 aliphatic carbocycles. The Labute approximate surface area is 115 Å². The highest BCUT2D eigenvalue weighted by atomic mass is 79.9. The van der Waals surface area contributed by atoms with Gasteiger partial charge in [0.05, 0.1) is 11.6 Å². The van der Waals surface area contributed by atoms with E-state index in [-0.39, 0.29) is 0 Å². The maximum atomic E-state index is 5.56. The molecule has 5 heteroatoms. The minimum absolute atomic E-state index is 0.456. The summed E-state index contributed by atoms with van der Waals surface area (Å²) in [5, 5.41) is 5.05. The van der Waals surface area contributed by atoms with Crippen molar-refractivity contribution in [3.63, 3.8) is 0 Å². The van der Waals surface area contributed by atoms with E-state index in [1.165, 1.54) is 0 Å². The number of nitrogens with zero attached hydrogens (tertiary/aromatic N) is 1. The smallest absolute Gasteiger partial charge is 0.0964 e. The second-order valence-electron chi connectivity index (χ2n) is 4.00. The molecule has 0 aromatic carbocycles. The standard InChI is InChI=1S/C12H17BrN2OS/c1-2-14-10-5-6-16-8-11(10)17-12-4-3-9(13)7-15-12/h3-4,7,10-11,14H,2,5-6,8H2,1H3. The number of pyridine rings is 1. The molecule has 1 aliphatic rings. The Morgan fingerprint density at radius 2 is 2.47 bits per heavy atom. The van der Waals surface area contributed by atoms with Gasteiger partial charge in [0.1, 0.15) is 0 Å². The van der Waals surface area contributed by atoms with E-state index in [1.54, 1.807) is 11.8 Å². The Hall–Kier alpha value is -0.100. The van der Waals surface area contributed by atoms with Gasteiger partial charge in [-0.3, -0.25) is 0 Å². The first-order chi connectivity index (χ1) is 8.29. The second kappa shape index (κ2) is 6.73. The minimum atomic E-state index is 0.456. The molecule has 17 heavy (non-hydrogen) atoms. The summed E-state index contributed by atoms with van der Waals surface area (Å²) in [6, 6.07) is 4.61. The van der Waals surface area contributed by atoms with Crippen molar-refractivity contribution in [1.29, 1.82) is 0 Å². The van der Waals surface area contributed by atoms with E-state index in [9.17, 15) is 0 Å². The van der Waals surface area contributed by atoms with Crippen LogP contribution in [0.1, 0.15) is 13.3 Å². The van der Waals surface area contributed by atoms with Crippen LogP contribution in [0.2, 0.25) is 0 Å². The predicted molar refractivity (Wildman–Crippen MR) is 74.5 cm³/mol. The van der Waals surface area contributed by atoms with Crippen LogP contribution in [0.25, 0.3) is 0 Å². The van der Waals surface area contributed by atoms with Gasteiger partial charge in [-0.1, -0.05) is 18.7 Å². The third-order valence-electron chi connectivity index (χ3n) is 2.74. The Balaban J connectivity index is 1.97. The van der Waals surface area contributed by atoms with Gasteiger partial charge in [-0.15, -0.1) is 0 Å². The van der Waals surface area contributed by atoms with E-state index in [0.717, 1.165) is 35.7 Å². The summed E-state index contributed by atoms with van der Waals surface area (Å²) < 4.78 is 6.58. The van der Waals surface area contributed by atoms with E-state index in [0.29, 0.717) is 11.3 Å². The molecule has 0 saturated carbocycles. The molecule has 1 saturated heterocycles. The largest absolute Gasteiger partial charge is 0.380 e. The van der Waals surface area contributed by atoms with Crippen molar-refractivity contribution in [1.82, 2.24) is 10.3 Å². The van der Waals surface area contributed by atoms with Crippen LogP contribution in [0.3, 0.4) is 0 Å². The molecule has 0 bridgehead atoms. The number of rotatable bonds is 4. The summed E-state index contributed by atoms with van der Waals surface area (Å²) in [6.07, 6.45) is 2.93. The van der Waals surface area contributed by atoms with E-state index >= 15 is 0 Å². The number of thioether (sulfide) groups is 1. The lowest BCUT2D eigenvalue weighted by Crippen LogP contribution is -2.44. The molecule has 1 aromatic rings. The highest BCUT2D eigenvalue weighted by Crippen LogP contribution is 2.28. The average Bonchev–Trinajstić information content (AvgIpc) is 2.35. The first kappa shape index (κ1) is 13.3. The zero-order chi connectivity index (χ0) is 12.1. The maximum Gasteiger partial charge on any atom is 0.0964 e. The van der Waals surface area contributed by atoms with Gasteiger partial charge in [0.15, 0.2) is 0 Å². The van der Waals surface area contributed by atoms with E-state index < -0.39 is 0 Å². The summed E-state index contributed by atoms with van der Waals surface area (Å²) in [5.41, 5.74) is 0. The van der Waals surface area contributed by atoms with Crippen molar-refractivity contribution in [3.8, 4) is 0 Å². The van der Waals surface area contributed by atoms with Crippen molar-refractivity contribution in [2.45, 2.75) is 29.7 Å². The van der Waals surface area contributed by atoms with Crippen LogP contribution in [0.4, 0.5) is 0 Å². The van der Waals surface area contributed by atoms with Gasteiger partial charge in [-0.2, -0.15) is 0 Å². The number of halogens is 1. The van der Waals surface area contributed by atoms with Crippen LogP contribution < -0.4 is 5.32 Å². The first-order valence-corrected chi connectivity index (χ1v) is 7.56. The van der Waals surface area contributed by atoms with Crippen molar-refractivity contribution in [3.05, 3.63) is 22.8 Å². The molecule has 2 atom stereocenters. The van der Waals surface area contributed by atoms with Crippen molar-refractivity contribution in [2.24, 2.45) is 0 Å². The third kappa shape index (κ3) is 3.95. The van der Waals surface area contributed by atoms with Gasteiger partial charge >= 0.3 is 0 Å². The number of hydrogen-bond donors (Lipinski definition) is 1. The van der Waals surface area contributed by atoms with Crippen molar-refractivity contribution >= 4 is 27.7 Å². The Morgan fingerprint density at radius 3 is 3.18 bits per heavy atom. The van der Waals surface area contributed by atoms with Crippen LogP contribution in [-0.4, -0.2) is 36.0 Å². The van der Waals surface area contributed by atoms with E-state index in [2.05, 4.69) is 33.2 Å². The van der Waals surface area contributed by atoms with Crippen molar-refractivity contribution in [2.75, 3.05) is 19.8 Å². The van der Waals surface area contributed by atoms with Gasteiger partial charge in [0, 0.05) is 28.6 Å². The Morgan fingerprint density at radius 1 is 1.59 bits per heavy atom. The van der Waals surface area contributed by atoms with Crippen LogP contribution in [0.15, 0.2) is 27.8 Å². The lowest BCUT2D eigenvalue weighted by molar-refractivity contribution is 0.0836. The fourth-order valence-corrected chi connectivity index (χ4v) is 3.28. The summed E-state index contributed by atoms with van der Waals surface area (Å²) in [5.74, 6) is 0. The molecule has 1 aromatic heterocycles. The molecule has 1 fully saturated rings. The quantitative estimate of drug-likeness (QED) is 0.926. The van der Waals surface area contributed by atoms with Crippen LogP contribution in [0, 0.1) is 0 Å². The van der Waals surface area contributed by atoms with Gasteiger partial charge in [-0.05, 0) is 41.0 Å². The van der Waals surface area contributed by atoms with E-state index in [1.807, 2.05) is 18.3 Å². The van der Waals surface area contributed by atoms with Crippen LogP contribution >= 0.6 is 27.7 Å². The SMILES string of the molecule is CCNC1CCOCC1Sc1ccc(Br)cn1. The zero-order valence-electron chi connectivity index (χ0n) is 9.86. The predicted octanol–water partition coefficient (Wildman–Crippen LogP) is 2.70. The summed E-state index contributed by atoms with van der Waals surface area (Å²) in [6.45, 7) is 4.83. The maximum absolute atomic E-state index is 5.56. The lowest BCUT2D eigenvalue weighted by atomic mass is 10.1. The number of ether oxygens (including phenoxy) is 1. The third-order valence-corrected chi connectivity index (χ3v) is 4.46. The summed E-state index contributed by atoms with van der Waals surface area (Å²) >= 11 is 5.20. The highest BCUT2D eigenvalue weighted by molar-refractivity contribution is 9.10. The number of hydrogen-bond acceptors (Lipinski definition) is 4. The topological polar surface area (TPSA) is 34.1 Å². The number of nitrogens with one attached hydrogen (secondary N) is 1. The molecule has 1 N–H and O–H groups in total. The fourth-order valence-electron chi connectivity index (χ4n) is 1.91. The molecule has 2 rings (SSSR count). The molecule has 3 nitrogen and oxygen atoms in total. The van der Waals surface area contributed by atoms with Gasteiger partial charge in [0.25, 0.3) is 0 Å². The average molecular weight is 317 g/mol. The van der Waals surface area contributed by atoms with E-state index in [4.69, 9.17) is 4.74 Å². The summed E-state index contributed by atoms with van der Waals surface area (Å²) in [4.78, 5) is 4.40. The summed E-state index contributed by atoms with van der Waals surface area (Å²) in [7, 11) is 0. The normalized spacial score (nSPS) is 24.8. The zero-order valence-corrected chi connectivity index (χ0v) is 12.3. The van der Waals surface area contributed by atoms with Gasteiger partial charge in [0.2, 0.25) is 0 Å². The molecular formula is C12H17BrN2OS. The van der Waals surface area contributed by atoms with Gasteiger partial charge < -0.3 is 10.1 Å². The van der Waals surface area contributed by atoms with Crippen LogP contribution in [0.5, 0.6) is 0 Å². The molecule has 0 radical (unpaired) electrons. The van der Waals surface area contributed by atoms with Crippen LogP contribution in [-0.2, 0) is 4.74 Å². The van der Waals surface area contributed by atoms with Crippen molar-refractivity contribution < 1.29 is 4.74 Å². The molecule has 94 valence electrons. The highest BCUT2D eigenvalue weighted by Gasteiger charge is 2.26. The fraction of sp³-hybridized carbons (Fsp3) is 0.583. The lowest BCUT2D eigenvalue weighted by Gasteiger charge is -2.31. The molecule has 2 unspecified atom stereocenters. The Kier molecular flexibility index (Phi) is 5.28. The molecule has 1 aliphatic heterocycles. The molecular weight excluding hydrogens is 300 g/mol. The first-order valence-electron chi connectivity index (χ1n) is 5.89. The molecule has 0 amide bonds. The number of aromatic nitrogens is 1.